The molecule has 1 heterocycles. The minimum atomic E-state index is -0.576. The van der Waals surface area contributed by atoms with Crippen molar-refractivity contribution in [3.63, 3.8) is 0 Å². The second-order valence-electron chi connectivity index (χ2n) is 3.40. The highest BCUT2D eigenvalue weighted by molar-refractivity contribution is 6.30. The third kappa shape index (κ3) is 2.67. The Kier molecular flexibility index (Phi) is 3.29. The zero-order chi connectivity index (χ0) is 13.1. The molecule has 0 aliphatic heterocycles. The second kappa shape index (κ2) is 4.89. The van der Waals surface area contributed by atoms with E-state index in [1.54, 1.807) is 6.07 Å². The largest absolute Gasteiger partial charge is 0.432 e. The van der Waals surface area contributed by atoms with E-state index in [9.17, 15) is 10.1 Å². The van der Waals surface area contributed by atoms with Crippen LogP contribution in [0, 0.1) is 10.1 Å². The molecule has 0 spiro atoms. The highest BCUT2D eigenvalue weighted by Gasteiger charge is 2.16. The number of benzene rings is 1. The number of nitro groups is 1. The lowest BCUT2D eigenvalue weighted by Crippen LogP contribution is -1.95. The van der Waals surface area contributed by atoms with Crippen LogP contribution in [0.25, 0.3) is 0 Å². The number of rotatable bonds is 3. The van der Waals surface area contributed by atoms with Gasteiger partial charge in [-0.2, -0.15) is 0 Å². The molecular formula is C11H8ClN3O3. The van der Waals surface area contributed by atoms with Crippen LogP contribution >= 0.6 is 11.6 Å². The molecule has 0 aliphatic carbocycles. The molecule has 18 heavy (non-hydrogen) atoms. The number of nitrogens with zero attached hydrogens (tertiary/aromatic N) is 2. The topological polar surface area (TPSA) is 91.3 Å². The van der Waals surface area contributed by atoms with Crippen molar-refractivity contribution in [3.05, 3.63) is 51.7 Å². The third-order valence-corrected chi connectivity index (χ3v) is 2.33. The lowest BCUT2D eigenvalue weighted by Gasteiger charge is -2.05. The van der Waals surface area contributed by atoms with E-state index in [1.807, 2.05) is 0 Å². The molecule has 0 bridgehead atoms. The van der Waals surface area contributed by atoms with Gasteiger partial charge in [0.15, 0.2) is 0 Å². The zero-order valence-corrected chi connectivity index (χ0v) is 9.79. The Morgan fingerprint density at radius 1 is 1.33 bits per heavy atom. The predicted molar refractivity (Wildman–Crippen MR) is 66.8 cm³/mol. The first-order valence-corrected chi connectivity index (χ1v) is 5.27. The first-order chi connectivity index (χ1) is 8.56. The third-order valence-electron chi connectivity index (χ3n) is 2.09. The van der Waals surface area contributed by atoms with Gasteiger partial charge >= 0.3 is 5.69 Å². The summed E-state index contributed by atoms with van der Waals surface area (Å²) in [7, 11) is 0. The molecule has 1 aromatic carbocycles. The van der Waals surface area contributed by atoms with Crippen LogP contribution in [0.3, 0.4) is 0 Å². The maximum atomic E-state index is 10.9. The number of halogens is 1. The van der Waals surface area contributed by atoms with Gasteiger partial charge in [0.2, 0.25) is 11.6 Å². The van der Waals surface area contributed by atoms with Crippen LogP contribution in [0.15, 0.2) is 36.5 Å². The molecule has 0 aliphatic rings. The van der Waals surface area contributed by atoms with Gasteiger partial charge in [-0.3, -0.25) is 10.1 Å². The van der Waals surface area contributed by atoms with Crippen molar-refractivity contribution in [2.75, 3.05) is 5.73 Å². The normalized spacial score (nSPS) is 10.1. The Labute approximate surface area is 107 Å². The van der Waals surface area contributed by atoms with Crippen molar-refractivity contribution in [1.29, 1.82) is 0 Å². The number of nitrogens with two attached hydrogens (primary N) is 1. The molecule has 7 heteroatoms. The first kappa shape index (κ1) is 12.1. The molecule has 6 nitrogen and oxygen atoms in total. The van der Waals surface area contributed by atoms with E-state index in [1.165, 1.54) is 30.5 Å². The molecular weight excluding hydrogens is 258 g/mol. The first-order valence-electron chi connectivity index (χ1n) is 4.89. The summed E-state index contributed by atoms with van der Waals surface area (Å²) in [5.74, 6) is 0.239. The summed E-state index contributed by atoms with van der Waals surface area (Å²) in [5.41, 5.74) is 5.78. The fourth-order valence-corrected chi connectivity index (χ4v) is 1.48. The minimum Gasteiger partial charge on any atom is -0.432 e. The number of nitrogen functional groups attached to an aromatic ring is 1. The number of nitro benzene ring substituents is 1. The van der Waals surface area contributed by atoms with Crippen LogP contribution in [0.1, 0.15) is 0 Å². The lowest BCUT2D eigenvalue weighted by atomic mass is 10.3. The quantitative estimate of drug-likeness (QED) is 0.680. The van der Waals surface area contributed by atoms with Crippen molar-refractivity contribution < 1.29 is 9.66 Å². The van der Waals surface area contributed by atoms with Gasteiger partial charge in [-0.25, -0.2) is 4.98 Å². The lowest BCUT2D eigenvalue weighted by molar-refractivity contribution is -0.385. The van der Waals surface area contributed by atoms with Crippen molar-refractivity contribution in [1.82, 2.24) is 4.98 Å². The SMILES string of the molecule is Nc1ccnc(Oc2ccc(Cl)cc2[N+](=O)[O-])c1. The van der Waals surface area contributed by atoms with E-state index >= 15 is 0 Å². The standard InChI is InChI=1S/C11H8ClN3O3/c12-7-1-2-10(9(5-7)15(16)17)18-11-6-8(13)3-4-14-11/h1-6H,(H2,13,14). The van der Waals surface area contributed by atoms with Crippen LogP contribution in [0.4, 0.5) is 11.4 Å². The molecule has 2 rings (SSSR count). The van der Waals surface area contributed by atoms with Crippen LogP contribution in [-0.4, -0.2) is 9.91 Å². The fraction of sp³-hybridized carbons (Fsp3) is 0. The van der Waals surface area contributed by atoms with Crippen molar-refractivity contribution in [2.24, 2.45) is 0 Å². The van der Waals surface area contributed by atoms with Crippen LogP contribution in [0.5, 0.6) is 11.6 Å². The fourth-order valence-electron chi connectivity index (χ4n) is 1.31. The zero-order valence-electron chi connectivity index (χ0n) is 9.04. The average Bonchev–Trinajstić information content (AvgIpc) is 2.31. The number of pyridine rings is 1. The Hall–Kier alpha value is -2.34. The van der Waals surface area contributed by atoms with Gasteiger partial charge in [-0.05, 0) is 18.2 Å². The summed E-state index contributed by atoms with van der Waals surface area (Å²) in [6, 6.07) is 7.17. The number of anilines is 1. The van der Waals surface area contributed by atoms with Gasteiger partial charge < -0.3 is 10.5 Å². The highest BCUT2D eigenvalue weighted by atomic mass is 35.5. The van der Waals surface area contributed by atoms with Crippen molar-refractivity contribution in [3.8, 4) is 11.6 Å². The maximum Gasteiger partial charge on any atom is 0.313 e. The smallest absolute Gasteiger partial charge is 0.313 e. The summed E-state index contributed by atoms with van der Waals surface area (Å²) >= 11 is 5.69. The van der Waals surface area contributed by atoms with Gasteiger partial charge in [-0.15, -0.1) is 0 Å². The Morgan fingerprint density at radius 2 is 2.11 bits per heavy atom. The van der Waals surface area contributed by atoms with Gasteiger partial charge in [0.05, 0.1) is 4.92 Å². The van der Waals surface area contributed by atoms with E-state index in [0.717, 1.165) is 0 Å². The number of hydrogen-bond donors (Lipinski definition) is 1. The van der Waals surface area contributed by atoms with E-state index in [-0.39, 0.29) is 22.3 Å². The molecule has 2 aromatic rings. The van der Waals surface area contributed by atoms with Crippen LogP contribution < -0.4 is 10.5 Å². The summed E-state index contributed by atoms with van der Waals surface area (Å²) in [5, 5.41) is 11.1. The van der Waals surface area contributed by atoms with Crippen LogP contribution in [0.2, 0.25) is 5.02 Å². The van der Waals surface area contributed by atoms with Crippen molar-refractivity contribution >= 4 is 23.0 Å². The van der Waals surface area contributed by atoms with E-state index in [2.05, 4.69) is 4.98 Å². The Morgan fingerprint density at radius 3 is 2.78 bits per heavy atom. The van der Waals surface area contributed by atoms with E-state index < -0.39 is 4.92 Å². The summed E-state index contributed by atoms with van der Waals surface area (Å²) in [6.45, 7) is 0. The Balaban J connectivity index is 2.37. The molecule has 0 radical (unpaired) electrons. The Bertz CT molecular complexity index is 604. The molecule has 0 atom stereocenters. The minimum absolute atomic E-state index is 0.0579. The van der Waals surface area contributed by atoms with Crippen molar-refractivity contribution in [2.45, 2.75) is 0 Å². The maximum absolute atomic E-state index is 10.9. The number of hydrogen-bond acceptors (Lipinski definition) is 5. The second-order valence-corrected chi connectivity index (χ2v) is 3.84. The number of aromatic nitrogens is 1. The molecule has 0 saturated heterocycles. The van der Waals surface area contributed by atoms with Gasteiger partial charge in [0.1, 0.15) is 0 Å². The molecule has 0 saturated carbocycles. The molecule has 0 amide bonds. The summed E-state index contributed by atoms with van der Waals surface area (Å²) < 4.78 is 5.32. The predicted octanol–water partition coefficient (Wildman–Crippen LogP) is 3.02. The van der Waals surface area contributed by atoms with Gasteiger partial charge in [-0.1, -0.05) is 11.6 Å². The highest BCUT2D eigenvalue weighted by Crippen LogP contribution is 2.33. The number of ether oxygens (including phenoxy) is 1. The molecule has 92 valence electrons. The summed E-state index contributed by atoms with van der Waals surface area (Å²) in [6.07, 6.45) is 1.45. The van der Waals surface area contributed by atoms with E-state index in [4.69, 9.17) is 22.1 Å². The molecule has 1 aromatic heterocycles. The average molecular weight is 266 g/mol. The molecule has 0 fully saturated rings. The summed E-state index contributed by atoms with van der Waals surface area (Å²) in [4.78, 5) is 14.2. The molecule has 0 unspecified atom stereocenters. The van der Waals surface area contributed by atoms with E-state index in [0.29, 0.717) is 5.69 Å². The van der Waals surface area contributed by atoms with Crippen LogP contribution in [-0.2, 0) is 0 Å². The molecule has 2 N–H and O–H groups in total. The monoisotopic (exact) mass is 265 g/mol. The van der Waals surface area contributed by atoms with Gasteiger partial charge in [0.25, 0.3) is 0 Å². The van der Waals surface area contributed by atoms with Gasteiger partial charge in [0, 0.05) is 29.0 Å².